The minimum atomic E-state index is -0.667. The average Bonchev–Trinajstić information content (AvgIpc) is 3.37. The van der Waals surface area contributed by atoms with Gasteiger partial charge in [-0.15, -0.1) is 0 Å². The first kappa shape index (κ1) is 24.1. The molecule has 4 aliphatic heterocycles. The molecule has 7 rings (SSSR count). The summed E-state index contributed by atoms with van der Waals surface area (Å²) >= 11 is 0. The molecule has 3 aliphatic carbocycles. The van der Waals surface area contributed by atoms with Crippen molar-refractivity contribution in [2.45, 2.75) is 84.7 Å². The van der Waals surface area contributed by atoms with Gasteiger partial charge in [-0.3, -0.25) is 14.4 Å². The van der Waals surface area contributed by atoms with Crippen LogP contribution >= 0.6 is 0 Å². The topological polar surface area (TPSA) is 93.1 Å². The van der Waals surface area contributed by atoms with Gasteiger partial charge in [-0.1, -0.05) is 39.3 Å². The van der Waals surface area contributed by atoms with Crippen LogP contribution in [-0.2, 0) is 23.9 Å². The lowest BCUT2D eigenvalue weighted by Gasteiger charge is -2.67. The Kier molecular flexibility index (Phi) is 4.65. The molecule has 4 heterocycles. The lowest BCUT2D eigenvalue weighted by Crippen LogP contribution is -2.69. The van der Waals surface area contributed by atoms with Crippen molar-refractivity contribution in [2.24, 2.45) is 45.8 Å². The van der Waals surface area contributed by atoms with Crippen LogP contribution in [-0.4, -0.2) is 58.6 Å². The number of rotatable bonds is 0. The van der Waals surface area contributed by atoms with Crippen LogP contribution in [0.25, 0.3) is 0 Å². The highest BCUT2D eigenvalue weighted by atomic mass is 16.6. The van der Waals surface area contributed by atoms with E-state index in [1.54, 1.807) is 6.08 Å². The summed E-state index contributed by atoms with van der Waals surface area (Å²) in [5.74, 6) is -1.06. The lowest BCUT2D eigenvalue weighted by atomic mass is 9.37. The van der Waals surface area contributed by atoms with E-state index in [2.05, 4.69) is 31.7 Å². The van der Waals surface area contributed by atoms with Crippen molar-refractivity contribution in [3.63, 3.8) is 0 Å². The second kappa shape index (κ2) is 7.15. The smallest absolute Gasteiger partial charge is 0.306 e. The summed E-state index contributed by atoms with van der Waals surface area (Å²) < 4.78 is 12.4. The summed E-state index contributed by atoms with van der Waals surface area (Å²) in [6.07, 6.45) is 6.65. The van der Waals surface area contributed by atoms with E-state index in [0.717, 1.165) is 37.0 Å². The van der Waals surface area contributed by atoms with Gasteiger partial charge < -0.3 is 19.5 Å². The van der Waals surface area contributed by atoms with Crippen LogP contribution in [0.4, 0.5) is 0 Å². The molecule has 1 N–H and O–H groups in total. The Bertz CT molecular complexity index is 1190. The number of carbonyl (C=O) groups is 3. The maximum absolute atomic E-state index is 14.4. The summed E-state index contributed by atoms with van der Waals surface area (Å²) in [5, 5.41) is 10.9. The Hall–Kier alpha value is -1.99. The van der Waals surface area contributed by atoms with Crippen LogP contribution in [0.15, 0.2) is 23.4 Å². The number of esters is 1. The second-order valence-corrected chi connectivity index (χ2v) is 14.0. The number of ketones is 2. The van der Waals surface area contributed by atoms with Gasteiger partial charge in [-0.25, -0.2) is 0 Å². The normalized spacial score (nSPS) is 54.2. The quantitative estimate of drug-likeness (QED) is 0.500. The number of Topliss-reactive ketones (excluding diaryl/α,β-unsaturated/α-hetero) is 1. The van der Waals surface area contributed by atoms with E-state index in [0.29, 0.717) is 6.54 Å². The van der Waals surface area contributed by atoms with Crippen LogP contribution in [0.2, 0.25) is 0 Å². The number of carbonyl (C=O) groups excluding carboxylic acids is 3. The number of piperidine rings is 1. The molecule has 1 saturated carbocycles. The molecule has 37 heavy (non-hydrogen) atoms. The molecule has 0 amide bonds. The van der Waals surface area contributed by atoms with Gasteiger partial charge in [-0.05, 0) is 44.1 Å². The molecule has 4 saturated heterocycles. The number of allylic oxidation sites excluding steroid dienone is 4. The first-order valence-electron chi connectivity index (χ1n) is 14.1. The summed E-state index contributed by atoms with van der Waals surface area (Å²) in [7, 11) is 0. The van der Waals surface area contributed by atoms with Crippen molar-refractivity contribution in [3.8, 4) is 0 Å². The Morgan fingerprint density at radius 3 is 2.59 bits per heavy atom. The number of hydrogen-bond donors (Lipinski definition) is 1. The molecule has 7 nitrogen and oxygen atoms in total. The molecule has 2 spiro atoms. The molecule has 200 valence electrons. The molecule has 0 aromatic carbocycles. The highest BCUT2D eigenvalue weighted by Gasteiger charge is 2.75. The standard InChI is InChI=1S/C30H39NO6/c1-15-8-18-23(19(32)9-15)17(3)25(35)26-27(18,4)11-21-28(5,29(26)12-22(33)36-14-29)6-7-30-10-16(2)24(34)20(37-30)13-31(21)30/h9,11,16-18,20,23-24,26,34H,6-8,10,12-14H2,1-5H3/t16-,17-,18-,20+,23+,24-,26+,27+,28-,29-,30+/m1/s1. The van der Waals surface area contributed by atoms with Gasteiger partial charge in [-0.2, -0.15) is 0 Å². The molecule has 0 unspecified atom stereocenters. The van der Waals surface area contributed by atoms with Gasteiger partial charge >= 0.3 is 5.97 Å². The molecule has 2 bridgehead atoms. The van der Waals surface area contributed by atoms with E-state index in [1.165, 1.54) is 0 Å². The molecule has 7 heteroatoms. The van der Waals surface area contributed by atoms with Crippen molar-refractivity contribution in [1.82, 2.24) is 4.90 Å². The van der Waals surface area contributed by atoms with E-state index >= 15 is 0 Å². The molecule has 11 atom stereocenters. The molecule has 5 fully saturated rings. The number of aliphatic hydroxyl groups is 1. The van der Waals surface area contributed by atoms with E-state index in [4.69, 9.17) is 9.47 Å². The van der Waals surface area contributed by atoms with Crippen LogP contribution in [0.5, 0.6) is 0 Å². The van der Waals surface area contributed by atoms with Crippen molar-refractivity contribution in [1.29, 1.82) is 0 Å². The minimum Gasteiger partial charge on any atom is -0.465 e. The summed E-state index contributed by atoms with van der Waals surface area (Å²) in [5.41, 5.74) is 0.0217. The average molecular weight is 510 g/mol. The molecule has 0 aromatic rings. The summed E-state index contributed by atoms with van der Waals surface area (Å²) in [6.45, 7) is 11.3. The zero-order chi connectivity index (χ0) is 26.3. The van der Waals surface area contributed by atoms with Crippen molar-refractivity contribution in [2.75, 3.05) is 13.2 Å². The summed E-state index contributed by atoms with van der Waals surface area (Å²) in [4.78, 5) is 43.0. The monoisotopic (exact) mass is 509 g/mol. The van der Waals surface area contributed by atoms with E-state index in [9.17, 15) is 19.5 Å². The predicted octanol–water partition coefficient (Wildman–Crippen LogP) is 3.41. The number of fused-ring (bicyclic) bond motifs is 8. The van der Waals surface area contributed by atoms with E-state index in [-0.39, 0.29) is 60.3 Å². The maximum atomic E-state index is 14.4. The Morgan fingerprint density at radius 2 is 1.89 bits per heavy atom. The van der Waals surface area contributed by atoms with Crippen LogP contribution in [0.1, 0.15) is 66.7 Å². The van der Waals surface area contributed by atoms with Gasteiger partial charge in [0.05, 0.1) is 19.1 Å². The Labute approximate surface area is 218 Å². The third-order valence-electron chi connectivity index (χ3n) is 12.1. The van der Waals surface area contributed by atoms with Gasteiger partial charge in [0.1, 0.15) is 17.6 Å². The molecular weight excluding hydrogens is 470 g/mol. The van der Waals surface area contributed by atoms with E-state index < -0.39 is 34.0 Å². The number of nitrogens with zero attached hydrogens (tertiary/aromatic N) is 1. The predicted molar refractivity (Wildman–Crippen MR) is 134 cm³/mol. The van der Waals surface area contributed by atoms with Crippen molar-refractivity contribution >= 4 is 17.5 Å². The maximum Gasteiger partial charge on any atom is 0.306 e. The zero-order valence-electron chi connectivity index (χ0n) is 22.6. The Morgan fingerprint density at radius 1 is 1.14 bits per heavy atom. The fourth-order valence-corrected chi connectivity index (χ4v) is 10.3. The molecule has 0 radical (unpaired) electrons. The van der Waals surface area contributed by atoms with Gasteiger partial charge in [0.2, 0.25) is 0 Å². The SMILES string of the molecule is CC1=CC(=O)[C@@H]2[C@@H](C1)[C@]1(C)C=C3N4C[C@@H]5O[C@@]4(CC[C@@]3(C)[C@]3(COC(=O)C3)[C@H]1C(=O)[C@@H]2C)C[C@@H](C)[C@H]5O. The molecular formula is C30H39NO6. The van der Waals surface area contributed by atoms with Gasteiger partial charge in [0, 0.05) is 52.7 Å². The second-order valence-electron chi connectivity index (χ2n) is 14.0. The third-order valence-corrected chi connectivity index (χ3v) is 12.1. The number of hydrogen-bond acceptors (Lipinski definition) is 7. The fourth-order valence-electron chi connectivity index (χ4n) is 10.3. The van der Waals surface area contributed by atoms with Crippen molar-refractivity contribution < 1.29 is 29.0 Å². The van der Waals surface area contributed by atoms with Crippen LogP contribution in [0.3, 0.4) is 0 Å². The van der Waals surface area contributed by atoms with Crippen LogP contribution in [0, 0.1) is 45.8 Å². The highest BCUT2D eigenvalue weighted by Crippen LogP contribution is 2.73. The fraction of sp³-hybridized carbons (Fsp3) is 0.767. The number of aliphatic hydroxyl groups excluding tert-OH is 1. The number of cyclic esters (lactones) is 1. The number of ether oxygens (including phenoxy) is 2. The van der Waals surface area contributed by atoms with Gasteiger partial charge in [0.15, 0.2) is 5.78 Å². The Balaban J connectivity index is 1.46. The van der Waals surface area contributed by atoms with Crippen LogP contribution < -0.4 is 0 Å². The summed E-state index contributed by atoms with van der Waals surface area (Å²) in [6, 6.07) is 0. The first-order valence-corrected chi connectivity index (χ1v) is 14.1. The zero-order valence-corrected chi connectivity index (χ0v) is 22.6. The third kappa shape index (κ3) is 2.68. The molecule has 7 aliphatic rings. The minimum absolute atomic E-state index is 0.0161. The lowest BCUT2D eigenvalue weighted by molar-refractivity contribution is -0.216. The van der Waals surface area contributed by atoms with Gasteiger partial charge in [0.25, 0.3) is 0 Å². The van der Waals surface area contributed by atoms with Crippen molar-refractivity contribution in [3.05, 3.63) is 23.4 Å². The molecule has 0 aromatic heterocycles. The van der Waals surface area contributed by atoms with E-state index in [1.807, 2.05) is 13.8 Å². The largest absolute Gasteiger partial charge is 0.465 e. The highest BCUT2D eigenvalue weighted by molar-refractivity contribution is 6.00. The first-order chi connectivity index (χ1) is 17.4.